The highest BCUT2D eigenvalue weighted by atomic mass is 16.5. The molecule has 0 saturated heterocycles. The van der Waals surface area contributed by atoms with E-state index in [2.05, 4.69) is 5.32 Å². The molecule has 0 unspecified atom stereocenters. The topological polar surface area (TPSA) is 72.5 Å². The number of nitrogens with one attached hydrogen (secondary N) is 1. The molecule has 0 aliphatic carbocycles. The zero-order valence-corrected chi connectivity index (χ0v) is 15.8. The lowest BCUT2D eigenvalue weighted by Crippen LogP contribution is -2.15. The molecule has 0 aliphatic heterocycles. The van der Waals surface area contributed by atoms with Gasteiger partial charge >= 0.3 is 5.97 Å². The lowest BCUT2D eigenvalue weighted by atomic mass is 10.1. The number of carbonyl (C=O) groups excluding carboxylic acids is 3. The molecule has 0 bridgehead atoms. The van der Waals surface area contributed by atoms with E-state index in [0.717, 1.165) is 5.56 Å². The Hall–Kier alpha value is -3.73. The molecule has 146 valence electrons. The van der Waals surface area contributed by atoms with Crippen LogP contribution in [0.5, 0.6) is 0 Å². The summed E-state index contributed by atoms with van der Waals surface area (Å²) in [5.41, 5.74) is 2.59. The molecule has 0 spiro atoms. The van der Waals surface area contributed by atoms with Crippen LogP contribution in [-0.2, 0) is 16.0 Å². The molecule has 0 fully saturated rings. The first-order valence-electron chi connectivity index (χ1n) is 9.31. The quantitative estimate of drug-likeness (QED) is 0.462. The third-order valence-electron chi connectivity index (χ3n) is 4.33. The molecule has 5 nitrogen and oxygen atoms in total. The third kappa shape index (κ3) is 6.14. The Morgan fingerprint density at radius 1 is 0.724 bits per heavy atom. The zero-order valence-electron chi connectivity index (χ0n) is 15.8. The van der Waals surface area contributed by atoms with Gasteiger partial charge in [0.15, 0.2) is 12.4 Å². The SMILES string of the molecule is O=C(CCc1ccccc1)OCC(=O)c1ccc(NC(=O)c2ccccc2)cc1. The first kappa shape index (κ1) is 20.0. The summed E-state index contributed by atoms with van der Waals surface area (Å²) in [6.07, 6.45) is 0.797. The Kier molecular flexibility index (Phi) is 6.90. The van der Waals surface area contributed by atoms with E-state index in [1.165, 1.54) is 0 Å². The Morgan fingerprint density at radius 2 is 1.34 bits per heavy atom. The summed E-state index contributed by atoms with van der Waals surface area (Å²) in [6, 6.07) is 25.0. The van der Waals surface area contributed by atoms with E-state index in [1.807, 2.05) is 36.4 Å². The molecular formula is C24H21NO4. The minimum Gasteiger partial charge on any atom is -0.457 e. The van der Waals surface area contributed by atoms with E-state index in [-0.39, 0.29) is 24.7 Å². The lowest BCUT2D eigenvalue weighted by molar-refractivity contribution is -0.142. The summed E-state index contributed by atoms with van der Waals surface area (Å²) in [5.74, 6) is -0.926. The first-order chi connectivity index (χ1) is 14.1. The van der Waals surface area contributed by atoms with E-state index >= 15 is 0 Å². The van der Waals surface area contributed by atoms with E-state index in [0.29, 0.717) is 23.2 Å². The van der Waals surface area contributed by atoms with E-state index < -0.39 is 5.97 Å². The molecule has 0 radical (unpaired) electrons. The van der Waals surface area contributed by atoms with Crippen LogP contribution in [0.4, 0.5) is 5.69 Å². The third-order valence-corrected chi connectivity index (χ3v) is 4.33. The number of esters is 1. The highest BCUT2D eigenvalue weighted by molar-refractivity contribution is 6.04. The van der Waals surface area contributed by atoms with Crippen LogP contribution in [0, 0.1) is 0 Å². The minimum atomic E-state index is -0.408. The van der Waals surface area contributed by atoms with E-state index in [1.54, 1.807) is 48.5 Å². The maximum Gasteiger partial charge on any atom is 0.306 e. The van der Waals surface area contributed by atoms with Crippen LogP contribution in [0.25, 0.3) is 0 Å². The predicted octanol–water partition coefficient (Wildman–Crippen LogP) is 4.30. The van der Waals surface area contributed by atoms with Crippen molar-refractivity contribution in [1.82, 2.24) is 0 Å². The maximum absolute atomic E-state index is 12.2. The van der Waals surface area contributed by atoms with Crippen LogP contribution in [-0.4, -0.2) is 24.3 Å². The van der Waals surface area contributed by atoms with Gasteiger partial charge in [0, 0.05) is 23.2 Å². The normalized spacial score (nSPS) is 10.2. The van der Waals surface area contributed by atoms with Gasteiger partial charge in [-0.05, 0) is 48.4 Å². The second-order valence-electron chi connectivity index (χ2n) is 6.47. The fourth-order valence-electron chi connectivity index (χ4n) is 2.72. The molecule has 0 saturated carbocycles. The Morgan fingerprint density at radius 3 is 2.00 bits per heavy atom. The minimum absolute atomic E-state index is 0.224. The van der Waals surface area contributed by atoms with Crippen molar-refractivity contribution in [3.63, 3.8) is 0 Å². The molecule has 0 atom stereocenters. The fraction of sp³-hybridized carbons (Fsp3) is 0.125. The molecule has 0 aromatic heterocycles. The van der Waals surface area contributed by atoms with Crippen LogP contribution < -0.4 is 5.32 Å². The van der Waals surface area contributed by atoms with Gasteiger partial charge in [-0.3, -0.25) is 14.4 Å². The van der Waals surface area contributed by atoms with Crippen molar-refractivity contribution in [2.24, 2.45) is 0 Å². The summed E-state index contributed by atoms with van der Waals surface area (Å²) >= 11 is 0. The molecule has 1 amide bonds. The number of amides is 1. The fourth-order valence-corrected chi connectivity index (χ4v) is 2.72. The predicted molar refractivity (Wildman–Crippen MR) is 111 cm³/mol. The van der Waals surface area contributed by atoms with Crippen molar-refractivity contribution in [1.29, 1.82) is 0 Å². The number of ketones is 1. The summed E-state index contributed by atoms with van der Waals surface area (Å²) in [4.78, 5) is 36.2. The van der Waals surface area contributed by atoms with Gasteiger partial charge < -0.3 is 10.1 Å². The van der Waals surface area contributed by atoms with Gasteiger partial charge in [0.2, 0.25) is 0 Å². The zero-order chi connectivity index (χ0) is 20.5. The molecular weight excluding hydrogens is 366 g/mol. The standard InChI is InChI=1S/C24H21NO4/c26-22(17-29-23(27)16-11-18-7-3-1-4-8-18)19-12-14-21(15-13-19)25-24(28)20-9-5-2-6-10-20/h1-10,12-15H,11,16-17H2,(H,25,28). The molecule has 29 heavy (non-hydrogen) atoms. The molecule has 3 aromatic carbocycles. The number of ether oxygens (including phenoxy) is 1. The first-order valence-corrected chi connectivity index (χ1v) is 9.31. The van der Waals surface area contributed by atoms with Gasteiger partial charge in [-0.1, -0.05) is 48.5 Å². The summed E-state index contributed by atoms with van der Waals surface area (Å²) in [5, 5.41) is 2.77. The van der Waals surface area contributed by atoms with E-state index in [9.17, 15) is 14.4 Å². The molecule has 0 heterocycles. The highest BCUT2D eigenvalue weighted by Gasteiger charge is 2.11. The maximum atomic E-state index is 12.2. The Balaban J connectivity index is 1.46. The smallest absolute Gasteiger partial charge is 0.306 e. The van der Waals surface area contributed by atoms with Gasteiger partial charge in [-0.25, -0.2) is 0 Å². The molecule has 1 N–H and O–H groups in total. The molecule has 3 rings (SSSR count). The number of anilines is 1. The number of rotatable bonds is 8. The van der Waals surface area contributed by atoms with Crippen LogP contribution in [0.1, 0.15) is 32.7 Å². The number of Topliss-reactive ketones (excluding diaryl/α,β-unsaturated/α-hetero) is 1. The van der Waals surface area contributed by atoms with Crippen molar-refractivity contribution in [3.8, 4) is 0 Å². The van der Waals surface area contributed by atoms with Gasteiger partial charge in [0.25, 0.3) is 5.91 Å². The Bertz CT molecular complexity index is 967. The van der Waals surface area contributed by atoms with Gasteiger partial charge in [-0.2, -0.15) is 0 Å². The van der Waals surface area contributed by atoms with Crippen molar-refractivity contribution >= 4 is 23.3 Å². The Labute approximate surface area is 169 Å². The number of aryl methyl sites for hydroxylation is 1. The number of carbonyl (C=O) groups is 3. The largest absolute Gasteiger partial charge is 0.457 e. The molecule has 3 aromatic rings. The number of benzene rings is 3. The van der Waals surface area contributed by atoms with Gasteiger partial charge in [-0.15, -0.1) is 0 Å². The molecule has 5 heteroatoms. The van der Waals surface area contributed by atoms with Crippen molar-refractivity contribution in [3.05, 3.63) is 102 Å². The van der Waals surface area contributed by atoms with Crippen LogP contribution in [0.3, 0.4) is 0 Å². The van der Waals surface area contributed by atoms with Gasteiger partial charge in [0.05, 0.1) is 0 Å². The number of hydrogen-bond acceptors (Lipinski definition) is 4. The van der Waals surface area contributed by atoms with Crippen LogP contribution in [0.2, 0.25) is 0 Å². The van der Waals surface area contributed by atoms with Crippen LogP contribution in [0.15, 0.2) is 84.9 Å². The van der Waals surface area contributed by atoms with Crippen molar-refractivity contribution in [2.45, 2.75) is 12.8 Å². The van der Waals surface area contributed by atoms with E-state index in [4.69, 9.17) is 4.74 Å². The monoisotopic (exact) mass is 387 g/mol. The average molecular weight is 387 g/mol. The highest BCUT2D eigenvalue weighted by Crippen LogP contribution is 2.12. The van der Waals surface area contributed by atoms with Crippen molar-refractivity contribution < 1.29 is 19.1 Å². The van der Waals surface area contributed by atoms with Crippen molar-refractivity contribution in [2.75, 3.05) is 11.9 Å². The van der Waals surface area contributed by atoms with Crippen LogP contribution >= 0.6 is 0 Å². The summed E-state index contributed by atoms with van der Waals surface area (Å²) < 4.78 is 5.07. The average Bonchev–Trinajstić information content (AvgIpc) is 2.78. The van der Waals surface area contributed by atoms with Gasteiger partial charge in [0.1, 0.15) is 0 Å². The number of hydrogen-bond donors (Lipinski definition) is 1. The summed E-state index contributed by atoms with van der Waals surface area (Å²) in [7, 11) is 0. The summed E-state index contributed by atoms with van der Waals surface area (Å²) in [6.45, 7) is -0.302. The lowest BCUT2D eigenvalue weighted by Gasteiger charge is -2.07. The molecule has 0 aliphatic rings. The second-order valence-corrected chi connectivity index (χ2v) is 6.47. The second kappa shape index (κ2) is 9.99.